The van der Waals surface area contributed by atoms with E-state index in [1.54, 1.807) is 0 Å². The van der Waals surface area contributed by atoms with Gasteiger partial charge < -0.3 is 9.84 Å². The van der Waals surface area contributed by atoms with E-state index in [9.17, 15) is 14.7 Å². The van der Waals surface area contributed by atoms with Crippen molar-refractivity contribution in [3.8, 4) is 0 Å². The number of aliphatic carboxylic acids is 1. The van der Waals surface area contributed by atoms with Gasteiger partial charge >= 0.3 is 11.9 Å². The highest BCUT2D eigenvalue weighted by Gasteiger charge is 2.21. The molecule has 0 aromatic heterocycles. The van der Waals surface area contributed by atoms with Gasteiger partial charge in [0, 0.05) is 0 Å². The Labute approximate surface area is 243 Å². The van der Waals surface area contributed by atoms with Crippen LogP contribution in [-0.2, 0) is 14.3 Å². The molecule has 0 amide bonds. The molecule has 0 bridgehead atoms. The molecular formula is C35H66O4. The van der Waals surface area contributed by atoms with Crippen molar-refractivity contribution in [2.75, 3.05) is 6.61 Å². The minimum Gasteiger partial charge on any atom is -0.481 e. The molecule has 4 heteroatoms. The second-order valence-electron chi connectivity index (χ2n) is 11.7. The zero-order chi connectivity index (χ0) is 28.7. The smallest absolute Gasteiger partial charge is 0.307 e. The Balaban J connectivity index is 3.34. The molecule has 0 saturated heterocycles. The molecule has 0 rings (SSSR count). The number of carbonyl (C=O) groups excluding carboxylic acids is 1. The van der Waals surface area contributed by atoms with E-state index in [1.807, 2.05) is 6.92 Å². The molecule has 4 nitrogen and oxygen atoms in total. The van der Waals surface area contributed by atoms with Crippen molar-refractivity contribution in [1.82, 2.24) is 0 Å². The van der Waals surface area contributed by atoms with Gasteiger partial charge in [-0.3, -0.25) is 9.59 Å². The Hall–Kier alpha value is -1.32. The van der Waals surface area contributed by atoms with Gasteiger partial charge in [0.05, 0.1) is 18.9 Å². The number of carboxylic acid groups (broad SMARTS) is 1. The van der Waals surface area contributed by atoms with Crippen LogP contribution in [0.1, 0.15) is 187 Å². The summed E-state index contributed by atoms with van der Waals surface area (Å²) in [4.78, 5) is 23.0. The van der Waals surface area contributed by atoms with Crippen LogP contribution >= 0.6 is 0 Å². The van der Waals surface area contributed by atoms with Crippen LogP contribution in [-0.4, -0.2) is 23.7 Å². The summed E-state index contributed by atoms with van der Waals surface area (Å²) in [5.74, 6) is -1.90. The highest BCUT2D eigenvalue weighted by atomic mass is 16.5. The molecule has 230 valence electrons. The molecule has 0 saturated carbocycles. The van der Waals surface area contributed by atoms with Gasteiger partial charge in [0.25, 0.3) is 0 Å². The van der Waals surface area contributed by atoms with Crippen molar-refractivity contribution < 1.29 is 19.4 Å². The molecule has 0 fully saturated rings. The van der Waals surface area contributed by atoms with Crippen LogP contribution in [0.3, 0.4) is 0 Å². The van der Waals surface area contributed by atoms with Gasteiger partial charge in [-0.1, -0.05) is 154 Å². The van der Waals surface area contributed by atoms with E-state index in [-0.39, 0.29) is 12.4 Å². The maximum Gasteiger partial charge on any atom is 0.307 e. The fourth-order valence-electron chi connectivity index (χ4n) is 5.19. The van der Waals surface area contributed by atoms with Gasteiger partial charge in [-0.25, -0.2) is 0 Å². The number of esters is 1. The monoisotopic (exact) mass is 550 g/mol. The lowest BCUT2D eigenvalue weighted by Gasteiger charge is -2.11. The molecule has 0 aliphatic heterocycles. The number of ether oxygens (including phenoxy) is 1. The zero-order valence-corrected chi connectivity index (χ0v) is 26.2. The summed E-state index contributed by atoms with van der Waals surface area (Å²) in [6.45, 7) is 4.59. The van der Waals surface area contributed by atoms with Crippen LogP contribution in [0.15, 0.2) is 12.2 Å². The van der Waals surface area contributed by atoms with Gasteiger partial charge in [0.15, 0.2) is 0 Å². The maximum absolute atomic E-state index is 11.7. The first-order chi connectivity index (χ1) is 19.1. The van der Waals surface area contributed by atoms with Gasteiger partial charge in [-0.2, -0.15) is 0 Å². The van der Waals surface area contributed by atoms with Crippen LogP contribution in [0, 0.1) is 5.92 Å². The Bertz CT molecular complexity index is 557. The minimum atomic E-state index is -0.890. The summed E-state index contributed by atoms with van der Waals surface area (Å²) in [7, 11) is 0. The van der Waals surface area contributed by atoms with Gasteiger partial charge in [0.1, 0.15) is 0 Å². The van der Waals surface area contributed by atoms with Crippen molar-refractivity contribution in [2.24, 2.45) is 5.92 Å². The second kappa shape index (κ2) is 31.2. The van der Waals surface area contributed by atoms with Gasteiger partial charge in [-0.05, 0) is 38.5 Å². The van der Waals surface area contributed by atoms with Crippen molar-refractivity contribution in [3.05, 3.63) is 12.2 Å². The Morgan fingerprint density at radius 2 is 0.949 bits per heavy atom. The molecule has 1 N–H and O–H groups in total. The number of hydrogen-bond donors (Lipinski definition) is 1. The standard InChI is InChI=1S/C35H66O4/c1-3-5-6-7-8-9-10-11-12-13-14-15-16-17-18-19-20-21-22-23-24-25-26-27-28-29-30-33(35(37)38)32-34(36)39-31-4-2/h25-26,33H,3-24,27-32H2,1-2H3,(H,37,38)/b26-25+. The Kier molecular flexibility index (Phi) is 30.2. The van der Waals surface area contributed by atoms with E-state index in [0.29, 0.717) is 13.0 Å². The van der Waals surface area contributed by atoms with E-state index in [1.165, 1.54) is 128 Å². The molecule has 39 heavy (non-hydrogen) atoms. The number of carboxylic acids is 1. The predicted molar refractivity (Wildman–Crippen MR) is 167 cm³/mol. The molecule has 0 radical (unpaired) electrons. The van der Waals surface area contributed by atoms with Crippen LogP contribution in [0.2, 0.25) is 0 Å². The number of unbranched alkanes of at least 4 members (excludes halogenated alkanes) is 22. The average molecular weight is 551 g/mol. The first kappa shape index (κ1) is 37.7. The van der Waals surface area contributed by atoms with Gasteiger partial charge in [0.2, 0.25) is 0 Å². The molecule has 0 spiro atoms. The Morgan fingerprint density at radius 1 is 0.564 bits per heavy atom. The fraction of sp³-hybridized carbons (Fsp3) is 0.886. The van der Waals surface area contributed by atoms with Crippen LogP contribution in [0.4, 0.5) is 0 Å². The molecular weight excluding hydrogens is 484 g/mol. The highest BCUT2D eigenvalue weighted by molar-refractivity contribution is 5.78. The maximum atomic E-state index is 11.7. The highest BCUT2D eigenvalue weighted by Crippen LogP contribution is 2.17. The summed E-state index contributed by atoms with van der Waals surface area (Å²) in [6, 6.07) is 0. The molecule has 0 aromatic rings. The SMILES string of the molecule is CCCCCCCCCCCCCCCCCCCCCC/C=C/CCCCC(CC(=O)OCCC)C(=O)O. The second-order valence-corrected chi connectivity index (χ2v) is 11.7. The summed E-state index contributed by atoms with van der Waals surface area (Å²) in [5, 5.41) is 9.32. The Morgan fingerprint density at radius 3 is 1.33 bits per heavy atom. The quantitative estimate of drug-likeness (QED) is 0.0529. The van der Waals surface area contributed by atoms with Crippen molar-refractivity contribution >= 4 is 11.9 Å². The van der Waals surface area contributed by atoms with Crippen molar-refractivity contribution in [3.63, 3.8) is 0 Å². The average Bonchev–Trinajstić information content (AvgIpc) is 2.93. The lowest BCUT2D eigenvalue weighted by atomic mass is 9.98. The minimum absolute atomic E-state index is 0.00931. The lowest BCUT2D eigenvalue weighted by Crippen LogP contribution is -2.19. The van der Waals surface area contributed by atoms with E-state index >= 15 is 0 Å². The van der Waals surface area contributed by atoms with E-state index in [0.717, 1.165) is 32.1 Å². The largest absolute Gasteiger partial charge is 0.481 e. The first-order valence-corrected chi connectivity index (χ1v) is 17.1. The number of hydrogen-bond acceptors (Lipinski definition) is 3. The van der Waals surface area contributed by atoms with E-state index in [2.05, 4.69) is 19.1 Å². The molecule has 0 aromatic carbocycles. The molecule has 0 heterocycles. The van der Waals surface area contributed by atoms with Crippen molar-refractivity contribution in [1.29, 1.82) is 0 Å². The zero-order valence-electron chi connectivity index (χ0n) is 26.2. The third-order valence-electron chi connectivity index (χ3n) is 7.79. The number of rotatable bonds is 31. The van der Waals surface area contributed by atoms with Gasteiger partial charge in [-0.15, -0.1) is 0 Å². The summed E-state index contributed by atoms with van der Waals surface area (Å²) in [5.41, 5.74) is 0. The molecule has 1 atom stereocenters. The first-order valence-electron chi connectivity index (χ1n) is 17.1. The summed E-state index contributed by atoms with van der Waals surface area (Å²) < 4.78 is 5.02. The predicted octanol–water partition coefficient (Wildman–Crippen LogP) is 11.4. The lowest BCUT2D eigenvalue weighted by molar-refractivity contribution is -0.151. The molecule has 1 unspecified atom stereocenters. The van der Waals surface area contributed by atoms with Crippen molar-refractivity contribution in [2.45, 2.75) is 187 Å². The number of carbonyl (C=O) groups is 2. The third-order valence-corrected chi connectivity index (χ3v) is 7.79. The van der Waals surface area contributed by atoms with E-state index < -0.39 is 11.9 Å². The number of allylic oxidation sites excluding steroid dienone is 2. The molecule has 0 aliphatic carbocycles. The van der Waals surface area contributed by atoms with Crippen LogP contribution in [0.25, 0.3) is 0 Å². The summed E-state index contributed by atoms with van der Waals surface area (Å²) in [6.07, 6.45) is 38.1. The van der Waals surface area contributed by atoms with Crippen LogP contribution in [0.5, 0.6) is 0 Å². The van der Waals surface area contributed by atoms with Crippen LogP contribution < -0.4 is 0 Å². The normalized spacial score (nSPS) is 12.3. The fourth-order valence-corrected chi connectivity index (χ4v) is 5.19. The van der Waals surface area contributed by atoms with E-state index in [4.69, 9.17) is 4.74 Å². The molecule has 0 aliphatic rings. The summed E-state index contributed by atoms with van der Waals surface area (Å²) >= 11 is 0. The third kappa shape index (κ3) is 29.5. The topological polar surface area (TPSA) is 63.6 Å².